The molecule has 98 valence electrons. The second kappa shape index (κ2) is 6.68. The maximum Gasteiger partial charge on any atom is 0.252 e. The Hall–Kier alpha value is -1.40. The number of carbonyl (C=O) groups excluding carboxylic acids is 1. The average molecular weight is 366 g/mol. The third-order valence-electron chi connectivity index (χ3n) is 2.90. The lowest BCUT2D eigenvalue weighted by molar-refractivity contribution is 0.0950. The van der Waals surface area contributed by atoms with Gasteiger partial charge in [-0.2, -0.15) is 0 Å². The topological polar surface area (TPSA) is 55.1 Å². The van der Waals surface area contributed by atoms with E-state index in [1.54, 1.807) is 0 Å². The third kappa shape index (κ3) is 3.54. The van der Waals surface area contributed by atoms with Gasteiger partial charge in [0.05, 0.1) is 5.56 Å². The van der Waals surface area contributed by atoms with Gasteiger partial charge in [-0.15, -0.1) is 0 Å². The van der Waals surface area contributed by atoms with Crippen LogP contribution in [0.2, 0.25) is 0 Å². The van der Waals surface area contributed by atoms with Gasteiger partial charge in [0, 0.05) is 16.7 Å². The SMILES string of the molecule is NCc1ccccc1CNC(=O)c1ccccc1I. The van der Waals surface area contributed by atoms with E-state index in [0.717, 1.165) is 14.7 Å². The molecule has 2 aromatic rings. The Kier molecular flexibility index (Phi) is 4.93. The van der Waals surface area contributed by atoms with E-state index in [9.17, 15) is 4.79 Å². The lowest BCUT2D eigenvalue weighted by atomic mass is 10.1. The third-order valence-corrected chi connectivity index (χ3v) is 3.84. The van der Waals surface area contributed by atoms with Gasteiger partial charge in [-0.3, -0.25) is 4.79 Å². The van der Waals surface area contributed by atoms with Crippen molar-refractivity contribution in [3.63, 3.8) is 0 Å². The number of nitrogens with two attached hydrogens (primary N) is 1. The molecule has 2 aromatic carbocycles. The summed E-state index contributed by atoms with van der Waals surface area (Å²) in [5.74, 6) is -0.0585. The van der Waals surface area contributed by atoms with Crippen molar-refractivity contribution in [1.82, 2.24) is 5.32 Å². The minimum absolute atomic E-state index is 0.0585. The Morgan fingerprint density at radius 3 is 2.37 bits per heavy atom. The number of nitrogens with one attached hydrogen (secondary N) is 1. The Labute approximate surface area is 126 Å². The molecule has 0 saturated heterocycles. The van der Waals surface area contributed by atoms with Gasteiger partial charge in [0.2, 0.25) is 0 Å². The van der Waals surface area contributed by atoms with Crippen LogP contribution in [-0.2, 0) is 13.1 Å². The molecule has 1 amide bonds. The van der Waals surface area contributed by atoms with Gasteiger partial charge in [-0.05, 0) is 45.9 Å². The second-order valence-corrected chi connectivity index (χ2v) is 5.30. The molecule has 0 spiro atoms. The molecule has 3 N–H and O–H groups in total. The summed E-state index contributed by atoms with van der Waals surface area (Å²) in [6.07, 6.45) is 0. The van der Waals surface area contributed by atoms with Gasteiger partial charge in [-0.1, -0.05) is 36.4 Å². The summed E-state index contributed by atoms with van der Waals surface area (Å²) in [6.45, 7) is 0.978. The Morgan fingerprint density at radius 2 is 1.68 bits per heavy atom. The summed E-state index contributed by atoms with van der Waals surface area (Å²) in [7, 11) is 0. The molecule has 0 aliphatic heterocycles. The fraction of sp³-hybridized carbons (Fsp3) is 0.133. The minimum Gasteiger partial charge on any atom is -0.348 e. The summed E-state index contributed by atoms with van der Waals surface area (Å²) >= 11 is 2.16. The van der Waals surface area contributed by atoms with Crippen LogP contribution in [0.25, 0.3) is 0 Å². The lowest BCUT2D eigenvalue weighted by Crippen LogP contribution is -2.24. The summed E-state index contributed by atoms with van der Waals surface area (Å²) in [6, 6.07) is 15.4. The number of hydrogen-bond donors (Lipinski definition) is 2. The predicted octanol–water partition coefficient (Wildman–Crippen LogP) is 2.68. The average Bonchev–Trinajstić information content (AvgIpc) is 2.45. The van der Waals surface area contributed by atoms with Crippen molar-refractivity contribution in [3.05, 3.63) is 68.8 Å². The molecule has 0 aliphatic carbocycles. The van der Waals surface area contributed by atoms with Crippen LogP contribution in [0.5, 0.6) is 0 Å². The van der Waals surface area contributed by atoms with Crippen LogP contribution >= 0.6 is 22.6 Å². The quantitative estimate of drug-likeness (QED) is 0.818. The van der Waals surface area contributed by atoms with E-state index < -0.39 is 0 Å². The lowest BCUT2D eigenvalue weighted by Gasteiger charge is -2.10. The first-order valence-electron chi connectivity index (χ1n) is 6.02. The molecule has 2 rings (SSSR count). The molecule has 0 saturated carbocycles. The molecule has 0 radical (unpaired) electrons. The molecule has 0 atom stereocenters. The number of rotatable bonds is 4. The number of carbonyl (C=O) groups is 1. The van der Waals surface area contributed by atoms with Crippen molar-refractivity contribution in [3.8, 4) is 0 Å². The van der Waals surface area contributed by atoms with Crippen LogP contribution in [0, 0.1) is 3.57 Å². The molecule has 0 bridgehead atoms. The standard InChI is InChI=1S/C15H15IN2O/c16-14-8-4-3-7-13(14)15(19)18-10-12-6-2-1-5-11(12)9-17/h1-8H,9-10,17H2,(H,18,19). The molecular formula is C15H15IN2O. The largest absolute Gasteiger partial charge is 0.348 e. The zero-order valence-corrected chi connectivity index (χ0v) is 12.6. The Balaban J connectivity index is 2.07. The highest BCUT2D eigenvalue weighted by Crippen LogP contribution is 2.12. The van der Waals surface area contributed by atoms with Gasteiger partial charge in [0.1, 0.15) is 0 Å². The van der Waals surface area contributed by atoms with E-state index in [2.05, 4.69) is 27.9 Å². The summed E-state index contributed by atoms with van der Waals surface area (Å²) < 4.78 is 0.949. The van der Waals surface area contributed by atoms with Crippen molar-refractivity contribution in [2.24, 2.45) is 5.73 Å². The first-order chi connectivity index (χ1) is 9.22. The van der Waals surface area contributed by atoms with E-state index in [-0.39, 0.29) is 5.91 Å². The Morgan fingerprint density at radius 1 is 1.05 bits per heavy atom. The predicted molar refractivity (Wildman–Crippen MR) is 84.7 cm³/mol. The highest BCUT2D eigenvalue weighted by Gasteiger charge is 2.09. The van der Waals surface area contributed by atoms with Crippen LogP contribution in [0.1, 0.15) is 21.5 Å². The number of amides is 1. The summed E-state index contributed by atoms with van der Waals surface area (Å²) in [5, 5.41) is 2.93. The highest BCUT2D eigenvalue weighted by atomic mass is 127. The van der Waals surface area contributed by atoms with Crippen LogP contribution in [0.3, 0.4) is 0 Å². The van der Waals surface area contributed by atoms with Crippen molar-refractivity contribution >= 4 is 28.5 Å². The minimum atomic E-state index is -0.0585. The molecule has 0 heterocycles. The van der Waals surface area contributed by atoms with E-state index in [1.165, 1.54) is 0 Å². The van der Waals surface area contributed by atoms with E-state index in [0.29, 0.717) is 18.7 Å². The van der Waals surface area contributed by atoms with Crippen LogP contribution < -0.4 is 11.1 Å². The normalized spacial score (nSPS) is 10.2. The highest BCUT2D eigenvalue weighted by molar-refractivity contribution is 14.1. The summed E-state index contributed by atoms with van der Waals surface area (Å²) in [4.78, 5) is 12.1. The maximum atomic E-state index is 12.1. The first-order valence-corrected chi connectivity index (χ1v) is 7.10. The molecule has 0 fully saturated rings. The maximum absolute atomic E-state index is 12.1. The monoisotopic (exact) mass is 366 g/mol. The fourth-order valence-electron chi connectivity index (χ4n) is 1.85. The van der Waals surface area contributed by atoms with Gasteiger partial charge in [0.15, 0.2) is 0 Å². The number of halogens is 1. The van der Waals surface area contributed by atoms with Crippen molar-refractivity contribution in [2.75, 3.05) is 0 Å². The van der Waals surface area contributed by atoms with E-state index >= 15 is 0 Å². The summed E-state index contributed by atoms with van der Waals surface area (Å²) in [5.41, 5.74) is 8.50. The zero-order valence-electron chi connectivity index (χ0n) is 10.4. The zero-order chi connectivity index (χ0) is 13.7. The van der Waals surface area contributed by atoms with Gasteiger partial charge in [0.25, 0.3) is 5.91 Å². The molecule has 0 aromatic heterocycles. The van der Waals surface area contributed by atoms with Crippen molar-refractivity contribution < 1.29 is 4.79 Å². The molecular weight excluding hydrogens is 351 g/mol. The number of hydrogen-bond acceptors (Lipinski definition) is 2. The van der Waals surface area contributed by atoms with Gasteiger partial charge in [-0.25, -0.2) is 0 Å². The van der Waals surface area contributed by atoms with Crippen LogP contribution in [0.15, 0.2) is 48.5 Å². The van der Waals surface area contributed by atoms with Crippen LogP contribution in [-0.4, -0.2) is 5.91 Å². The van der Waals surface area contributed by atoms with Crippen molar-refractivity contribution in [1.29, 1.82) is 0 Å². The van der Waals surface area contributed by atoms with E-state index in [1.807, 2.05) is 48.5 Å². The molecule has 19 heavy (non-hydrogen) atoms. The smallest absolute Gasteiger partial charge is 0.252 e. The van der Waals surface area contributed by atoms with Crippen molar-refractivity contribution in [2.45, 2.75) is 13.1 Å². The fourth-order valence-corrected chi connectivity index (χ4v) is 2.48. The van der Waals surface area contributed by atoms with Gasteiger partial charge >= 0.3 is 0 Å². The molecule has 4 heteroatoms. The Bertz CT molecular complexity index is 584. The molecule has 0 unspecified atom stereocenters. The second-order valence-electron chi connectivity index (χ2n) is 4.14. The number of benzene rings is 2. The first kappa shape index (κ1) is 14.0. The molecule has 3 nitrogen and oxygen atoms in total. The molecule has 0 aliphatic rings. The van der Waals surface area contributed by atoms with Crippen LogP contribution in [0.4, 0.5) is 0 Å². The van der Waals surface area contributed by atoms with E-state index in [4.69, 9.17) is 5.73 Å². The van der Waals surface area contributed by atoms with Gasteiger partial charge < -0.3 is 11.1 Å².